The Balaban J connectivity index is 1.39. The molecule has 0 N–H and O–H groups in total. The number of anilines is 1. The van der Waals surface area contributed by atoms with Crippen LogP contribution in [-0.2, 0) is 4.74 Å². The molecule has 172 valence electrons. The van der Waals surface area contributed by atoms with Gasteiger partial charge in [0.1, 0.15) is 24.6 Å². The van der Waals surface area contributed by atoms with Gasteiger partial charge in [-0.15, -0.1) is 10.2 Å². The lowest BCUT2D eigenvalue weighted by atomic mass is 10.0. The largest absolute Gasteiger partial charge is 0.447 e. The summed E-state index contributed by atoms with van der Waals surface area (Å²) in [6.45, 7) is 1.63. The number of rotatable bonds is 5. The van der Waals surface area contributed by atoms with Crippen molar-refractivity contribution in [3.8, 4) is 12.1 Å². The summed E-state index contributed by atoms with van der Waals surface area (Å²) < 4.78 is 23.3. The molecule has 0 radical (unpaired) electrons. The van der Waals surface area contributed by atoms with Gasteiger partial charge in [0, 0.05) is 13.1 Å². The molecule has 5 rings (SSSR count). The van der Waals surface area contributed by atoms with Crippen molar-refractivity contribution in [2.45, 2.75) is 25.0 Å². The van der Waals surface area contributed by atoms with Crippen LogP contribution < -0.4 is 4.90 Å². The number of benzene rings is 1. The zero-order valence-electron chi connectivity index (χ0n) is 18.0. The van der Waals surface area contributed by atoms with Crippen LogP contribution >= 0.6 is 0 Å². The molecular weight excluding hydrogens is 443 g/mol. The monoisotopic (exact) mass is 462 g/mol. The third-order valence-electron chi connectivity index (χ3n) is 6.12. The first kappa shape index (κ1) is 21.3. The average molecular weight is 462 g/mol. The van der Waals surface area contributed by atoms with Crippen LogP contribution in [0.15, 0.2) is 30.6 Å². The molecule has 4 heterocycles. The predicted octanol–water partition coefficient (Wildman–Crippen LogP) is 1.59. The van der Waals surface area contributed by atoms with Crippen molar-refractivity contribution in [2.75, 3.05) is 31.1 Å². The first-order chi connectivity index (χ1) is 16.6. The lowest BCUT2D eigenvalue weighted by Gasteiger charge is -2.34. The topological polar surface area (TPSA) is 142 Å². The first-order valence-electron chi connectivity index (χ1n) is 10.7. The summed E-state index contributed by atoms with van der Waals surface area (Å²) in [7, 11) is 0. The third-order valence-corrected chi connectivity index (χ3v) is 6.12. The molecule has 12 nitrogen and oxygen atoms in total. The zero-order chi connectivity index (χ0) is 23.7. The number of aromatic nitrogens is 6. The van der Waals surface area contributed by atoms with E-state index in [0.717, 1.165) is 0 Å². The van der Waals surface area contributed by atoms with Gasteiger partial charge < -0.3 is 9.64 Å². The minimum absolute atomic E-state index is 0.0259. The van der Waals surface area contributed by atoms with Gasteiger partial charge in [0.25, 0.3) is 0 Å². The first-order valence-corrected chi connectivity index (χ1v) is 10.7. The van der Waals surface area contributed by atoms with E-state index in [1.807, 2.05) is 11.0 Å². The highest BCUT2D eigenvalue weighted by Crippen LogP contribution is 2.32. The highest BCUT2D eigenvalue weighted by Gasteiger charge is 2.35. The Morgan fingerprint density at radius 1 is 1.06 bits per heavy atom. The van der Waals surface area contributed by atoms with Crippen LogP contribution in [0.3, 0.4) is 0 Å². The van der Waals surface area contributed by atoms with Crippen molar-refractivity contribution in [1.82, 2.24) is 34.9 Å². The van der Waals surface area contributed by atoms with Crippen molar-refractivity contribution in [3.05, 3.63) is 53.4 Å². The molecule has 0 aliphatic carbocycles. The fourth-order valence-corrected chi connectivity index (χ4v) is 4.47. The summed E-state index contributed by atoms with van der Waals surface area (Å²) in [4.78, 5) is 15.6. The number of piperidine rings is 1. The summed E-state index contributed by atoms with van der Waals surface area (Å²) in [6.07, 6.45) is 2.66. The number of nitriles is 2. The fraction of sp³-hybridized carbons (Fsp3) is 0.381. The summed E-state index contributed by atoms with van der Waals surface area (Å²) in [6, 6.07) is 8.84. The van der Waals surface area contributed by atoms with E-state index in [4.69, 9.17) is 4.74 Å². The Bertz CT molecular complexity index is 1300. The second kappa shape index (κ2) is 8.78. The number of amides is 1. The van der Waals surface area contributed by atoms with Gasteiger partial charge in [-0.3, -0.25) is 4.90 Å². The summed E-state index contributed by atoms with van der Waals surface area (Å²) in [5.74, 6) is -0.453. The van der Waals surface area contributed by atoms with E-state index in [9.17, 15) is 15.3 Å². The number of ether oxygens (including phenoxy) is 1. The van der Waals surface area contributed by atoms with E-state index in [0.29, 0.717) is 42.9 Å². The number of carbonyl (C=O) groups excluding carboxylic acids is 1. The minimum atomic E-state index is -0.863. The number of hydrogen-bond acceptors (Lipinski definition) is 9. The Morgan fingerprint density at radius 2 is 1.79 bits per heavy atom. The molecule has 2 aromatic heterocycles. The molecule has 34 heavy (non-hydrogen) atoms. The quantitative estimate of drug-likeness (QED) is 0.552. The van der Waals surface area contributed by atoms with Crippen LogP contribution in [0.1, 0.15) is 42.0 Å². The summed E-state index contributed by atoms with van der Waals surface area (Å²) in [5, 5.41) is 34.2. The SMILES string of the molecule is N#Cc1cnnn1C1CCN(c2ccc([C@H](N3CCOC3=O)n3nncc3C#N)cc2F)CC1. The van der Waals surface area contributed by atoms with Gasteiger partial charge in [-0.05, 0) is 30.5 Å². The minimum Gasteiger partial charge on any atom is -0.447 e. The smallest absolute Gasteiger partial charge is 0.411 e. The zero-order valence-corrected chi connectivity index (χ0v) is 18.0. The van der Waals surface area contributed by atoms with Gasteiger partial charge in [-0.1, -0.05) is 16.5 Å². The second-order valence-corrected chi connectivity index (χ2v) is 7.96. The standard InChI is InChI=1S/C21H19FN10O2/c22-18-9-14(20(30-7-8-34-21(30)33)32-17(11-24)13-26-28-32)1-2-19(18)29-5-3-15(4-6-29)31-16(10-23)12-25-27-31/h1-2,9,12-13,15,20H,3-8H2/t20-/m1/s1. The summed E-state index contributed by atoms with van der Waals surface area (Å²) >= 11 is 0. The van der Waals surface area contributed by atoms with E-state index in [2.05, 4.69) is 26.7 Å². The Hall–Kier alpha value is -4.52. The maximum atomic E-state index is 15.3. The molecule has 0 bridgehead atoms. The fourth-order valence-electron chi connectivity index (χ4n) is 4.47. The molecule has 1 atom stereocenters. The number of nitrogens with zero attached hydrogens (tertiary/aromatic N) is 10. The Morgan fingerprint density at radius 3 is 2.47 bits per heavy atom. The van der Waals surface area contributed by atoms with Gasteiger partial charge in [-0.25, -0.2) is 18.5 Å². The van der Waals surface area contributed by atoms with Gasteiger partial charge >= 0.3 is 6.09 Å². The number of halogens is 1. The van der Waals surface area contributed by atoms with Crippen molar-refractivity contribution < 1.29 is 13.9 Å². The number of carbonyl (C=O) groups is 1. The van der Waals surface area contributed by atoms with Crippen LogP contribution in [0.4, 0.5) is 14.9 Å². The molecular formula is C21H19FN10O2. The molecule has 1 aromatic carbocycles. The molecule has 2 aliphatic rings. The van der Waals surface area contributed by atoms with Gasteiger partial charge in [0.15, 0.2) is 17.6 Å². The number of cyclic esters (lactones) is 1. The molecule has 2 fully saturated rings. The molecule has 3 aromatic rings. The molecule has 0 saturated carbocycles. The Labute approximate surface area is 193 Å². The van der Waals surface area contributed by atoms with E-state index in [1.54, 1.807) is 16.8 Å². The number of hydrogen-bond donors (Lipinski definition) is 0. The summed E-state index contributed by atoms with van der Waals surface area (Å²) in [5.41, 5.74) is 1.42. The van der Waals surface area contributed by atoms with Crippen LogP contribution in [0.25, 0.3) is 0 Å². The van der Waals surface area contributed by atoms with Gasteiger partial charge in [-0.2, -0.15) is 10.5 Å². The van der Waals surface area contributed by atoms with E-state index < -0.39 is 18.1 Å². The molecule has 0 spiro atoms. The van der Waals surface area contributed by atoms with Crippen molar-refractivity contribution in [2.24, 2.45) is 0 Å². The van der Waals surface area contributed by atoms with E-state index in [1.165, 1.54) is 28.0 Å². The maximum absolute atomic E-state index is 15.3. The average Bonchev–Trinajstić information content (AvgIpc) is 3.61. The highest BCUT2D eigenvalue weighted by atomic mass is 19.1. The molecule has 13 heteroatoms. The van der Waals surface area contributed by atoms with Crippen molar-refractivity contribution in [3.63, 3.8) is 0 Å². The van der Waals surface area contributed by atoms with Crippen molar-refractivity contribution >= 4 is 11.8 Å². The van der Waals surface area contributed by atoms with Gasteiger partial charge in [0.05, 0.1) is 30.7 Å². The highest BCUT2D eigenvalue weighted by molar-refractivity contribution is 5.70. The molecule has 2 saturated heterocycles. The Kier molecular flexibility index (Phi) is 5.51. The normalized spacial score (nSPS) is 17.3. The molecule has 1 amide bonds. The lowest BCUT2D eigenvalue weighted by Crippen LogP contribution is -2.37. The molecule has 0 unspecified atom stereocenters. The van der Waals surface area contributed by atoms with Crippen molar-refractivity contribution in [1.29, 1.82) is 10.5 Å². The third kappa shape index (κ3) is 3.67. The van der Waals surface area contributed by atoms with Crippen LogP contribution in [-0.4, -0.2) is 67.2 Å². The van der Waals surface area contributed by atoms with E-state index >= 15 is 4.39 Å². The second-order valence-electron chi connectivity index (χ2n) is 7.96. The molecule has 2 aliphatic heterocycles. The predicted molar refractivity (Wildman–Crippen MR) is 113 cm³/mol. The van der Waals surface area contributed by atoms with Gasteiger partial charge in [0.2, 0.25) is 0 Å². The van der Waals surface area contributed by atoms with Crippen LogP contribution in [0.5, 0.6) is 0 Å². The van der Waals surface area contributed by atoms with E-state index in [-0.39, 0.29) is 24.9 Å². The van der Waals surface area contributed by atoms with Crippen LogP contribution in [0, 0.1) is 28.5 Å². The lowest BCUT2D eigenvalue weighted by molar-refractivity contribution is 0.138. The maximum Gasteiger partial charge on any atom is 0.411 e. The van der Waals surface area contributed by atoms with Crippen LogP contribution in [0.2, 0.25) is 0 Å².